The van der Waals surface area contributed by atoms with Crippen molar-refractivity contribution in [2.45, 2.75) is 9.92 Å². The molecule has 7 heteroatoms. The number of halogens is 1. The van der Waals surface area contributed by atoms with E-state index >= 15 is 0 Å². The molecule has 29 heavy (non-hydrogen) atoms. The largest absolute Gasteiger partial charge is 0.379 e. The predicted molar refractivity (Wildman–Crippen MR) is 117 cm³/mol. The van der Waals surface area contributed by atoms with E-state index in [1.54, 1.807) is 0 Å². The van der Waals surface area contributed by atoms with Crippen LogP contribution in [0.2, 0.25) is 5.02 Å². The van der Waals surface area contributed by atoms with Crippen molar-refractivity contribution in [1.82, 2.24) is 15.2 Å². The van der Waals surface area contributed by atoms with E-state index in [0.29, 0.717) is 17.1 Å². The molecule has 4 rings (SSSR count). The van der Waals surface area contributed by atoms with Gasteiger partial charge in [-0.05, 0) is 24.3 Å². The maximum absolute atomic E-state index is 13.0. The zero-order valence-corrected chi connectivity index (χ0v) is 17.5. The maximum atomic E-state index is 13.0. The predicted octanol–water partition coefficient (Wildman–Crippen LogP) is 4.10. The first-order valence-electron chi connectivity index (χ1n) is 9.61. The molecule has 0 radical (unpaired) electrons. The molecular weight excluding hydrogens is 406 g/mol. The van der Waals surface area contributed by atoms with Gasteiger partial charge in [0.05, 0.1) is 29.3 Å². The first-order valence-corrected chi connectivity index (χ1v) is 10.8. The van der Waals surface area contributed by atoms with Crippen molar-refractivity contribution in [2.75, 3.05) is 39.4 Å². The number of carbonyl (C=O) groups is 1. The Balaban J connectivity index is 1.53. The van der Waals surface area contributed by atoms with Gasteiger partial charge in [0.2, 0.25) is 0 Å². The van der Waals surface area contributed by atoms with Gasteiger partial charge < -0.3 is 10.1 Å². The summed E-state index contributed by atoms with van der Waals surface area (Å²) in [6, 6.07) is 17.2. The summed E-state index contributed by atoms with van der Waals surface area (Å²) in [7, 11) is 0. The summed E-state index contributed by atoms with van der Waals surface area (Å²) in [5, 5.41) is 5.32. The summed E-state index contributed by atoms with van der Waals surface area (Å²) >= 11 is 7.76. The molecule has 2 heterocycles. The van der Waals surface area contributed by atoms with Crippen LogP contribution in [0.3, 0.4) is 0 Å². The minimum Gasteiger partial charge on any atom is -0.379 e. The Morgan fingerprint density at radius 1 is 1.14 bits per heavy atom. The molecule has 5 nitrogen and oxygen atoms in total. The van der Waals surface area contributed by atoms with Crippen LogP contribution in [0.15, 0.2) is 64.5 Å². The summed E-state index contributed by atoms with van der Waals surface area (Å²) in [4.78, 5) is 20.9. The number of para-hydroxylation sites is 1. The van der Waals surface area contributed by atoms with Crippen molar-refractivity contribution in [2.24, 2.45) is 0 Å². The minimum atomic E-state index is -0.0853. The van der Waals surface area contributed by atoms with Crippen molar-refractivity contribution >= 4 is 40.2 Å². The van der Waals surface area contributed by atoms with Crippen molar-refractivity contribution in [3.8, 4) is 0 Å². The van der Waals surface area contributed by atoms with Gasteiger partial charge in [-0.1, -0.05) is 53.7 Å². The third-order valence-corrected chi connectivity index (χ3v) is 6.24. The molecule has 1 N–H and O–H groups in total. The molecule has 1 fully saturated rings. The van der Waals surface area contributed by atoms with E-state index in [4.69, 9.17) is 21.3 Å². The molecule has 0 atom stereocenters. The van der Waals surface area contributed by atoms with Crippen LogP contribution >= 0.6 is 23.4 Å². The monoisotopic (exact) mass is 427 g/mol. The van der Waals surface area contributed by atoms with Crippen molar-refractivity contribution in [1.29, 1.82) is 0 Å². The highest BCUT2D eigenvalue weighted by Gasteiger charge is 2.15. The Morgan fingerprint density at radius 2 is 1.90 bits per heavy atom. The molecule has 0 bridgehead atoms. The summed E-state index contributed by atoms with van der Waals surface area (Å²) in [6.07, 6.45) is 0. The van der Waals surface area contributed by atoms with Gasteiger partial charge in [0.25, 0.3) is 5.91 Å². The van der Waals surface area contributed by atoms with Gasteiger partial charge in [-0.2, -0.15) is 0 Å². The van der Waals surface area contributed by atoms with Crippen LogP contribution in [0.5, 0.6) is 0 Å². The van der Waals surface area contributed by atoms with Crippen molar-refractivity contribution < 1.29 is 9.53 Å². The number of carbonyl (C=O) groups excluding carboxylic acids is 1. The average molecular weight is 428 g/mol. The van der Waals surface area contributed by atoms with Crippen LogP contribution in [0.1, 0.15) is 10.4 Å². The topological polar surface area (TPSA) is 54.5 Å². The second kappa shape index (κ2) is 9.59. The van der Waals surface area contributed by atoms with Crippen LogP contribution in [-0.2, 0) is 4.74 Å². The molecule has 1 aromatic heterocycles. The highest BCUT2D eigenvalue weighted by atomic mass is 35.5. The van der Waals surface area contributed by atoms with Crippen LogP contribution in [0.25, 0.3) is 10.9 Å². The molecule has 3 aromatic rings. The third kappa shape index (κ3) is 5.08. The van der Waals surface area contributed by atoms with Gasteiger partial charge in [-0.25, -0.2) is 4.98 Å². The van der Waals surface area contributed by atoms with E-state index in [0.717, 1.165) is 53.7 Å². The summed E-state index contributed by atoms with van der Waals surface area (Å²) in [5.41, 5.74) is 1.43. The molecule has 2 aromatic carbocycles. The number of benzene rings is 2. The minimum absolute atomic E-state index is 0.0853. The van der Waals surface area contributed by atoms with E-state index in [1.807, 2.05) is 54.6 Å². The molecule has 150 valence electrons. The number of hydrogen-bond acceptors (Lipinski definition) is 5. The van der Waals surface area contributed by atoms with Crippen molar-refractivity contribution in [3.05, 3.63) is 65.2 Å². The number of morpholine rings is 1. The van der Waals surface area contributed by atoms with Crippen LogP contribution in [-0.4, -0.2) is 55.2 Å². The first kappa shape index (κ1) is 20.2. The fourth-order valence-corrected chi connectivity index (χ4v) is 4.39. The van der Waals surface area contributed by atoms with E-state index in [-0.39, 0.29) is 5.91 Å². The van der Waals surface area contributed by atoms with Crippen molar-refractivity contribution in [3.63, 3.8) is 0 Å². The number of pyridine rings is 1. The first-order chi connectivity index (χ1) is 14.2. The molecule has 0 saturated carbocycles. The Morgan fingerprint density at radius 3 is 2.72 bits per heavy atom. The molecule has 1 aliphatic heterocycles. The maximum Gasteiger partial charge on any atom is 0.252 e. The SMILES string of the molecule is O=C(NCCN1CCOCC1)c1cc(Sc2ccccc2Cl)nc2ccccc12. The summed E-state index contributed by atoms with van der Waals surface area (Å²) < 4.78 is 5.37. The Labute approximate surface area is 179 Å². The van der Waals surface area contributed by atoms with E-state index in [9.17, 15) is 4.79 Å². The highest BCUT2D eigenvalue weighted by molar-refractivity contribution is 7.99. The number of nitrogens with one attached hydrogen (secondary N) is 1. The zero-order chi connectivity index (χ0) is 20.1. The lowest BCUT2D eigenvalue weighted by atomic mass is 10.1. The number of hydrogen-bond donors (Lipinski definition) is 1. The molecule has 1 aliphatic rings. The summed E-state index contributed by atoms with van der Waals surface area (Å²) in [6.45, 7) is 4.75. The van der Waals surface area contributed by atoms with E-state index in [1.165, 1.54) is 11.8 Å². The summed E-state index contributed by atoms with van der Waals surface area (Å²) in [5.74, 6) is -0.0853. The average Bonchev–Trinajstić information content (AvgIpc) is 2.75. The Bertz CT molecular complexity index is 1010. The number of aromatic nitrogens is 1. The second-order valence-corrected chi connectivity index (χ2v) is 8.24. The van der Waals surface area contributed by atoms with E-state index < -0.39 is 0 Å². The number of nitrogens with zero attached hydrogens (tertiary/aromatic N) is 2. The molecule has 0 unspecified atom stereocenters. The molecule has 0 aliphatic carbocycles. The number of ether oxygens (including phenoxy) is 1. The Kier molecular flexibility index (Phi) is 6.67. The highest BCUT2D eigenvalue weighted by Crippen LogP contribution is 2.33. The molecular formula is C22H22ClN3O2S. The van der Waals surface area contributed by atoms with Gasteiger partial charge in [0, 0.05) is 36.5 Å². The fourth-order valence-electron chi connectivity index (χ4n) is 3.28. The van der Waals surface area contributed by atoms with Crippen LogP contribution in [0.4, 0.5) is 0 Å². The number of fused-ring (bicyclic) bond motifs is 1. The third-order valence-electron chi connectivity index (χ3n) is 4.81. The second-order valence-electron chi connectivity index (χ2n) is 6.77. The van der Waals surface area contributed by atoms with Crippen LogP contribution < -0.4 is 5.32 Å². The lowest BCUT2D eigenvalue weighted by Gasteiger charge is -2.26. The van der Waals surface area contributed by atoms with Gasteiger partial charge in [-0.15, -0.1) is 0 Å². The normalized spacial score (nSPS) is 14.8. The van der Waals surface area contributed by atoms with Gasteiger partial charge in [0.1, 0.15) is 5.03 Å². The fraction of sp³-hybridized carbons (Fsp3) is 0.273. The number of amides is 1. The molecule has 1 saturated heterocycles. The van der Waals surface area contributed by atoms with Gasteiger partial charge in [0.15, 0.2) is 0 Å². The zero-order valence-electron chi connectivity index (χ0n) is 15.9. The smallest absolute Gasteiger partial charge is 0.252 e. The number of rotatable bonds is 6. The van der Waals surface area contributed by atoms with Crippen LogP contribution in [0, 0.1) is 0 Å². The lowest BCUT2D eigenvalue weighted by molar-refractivity contribution is 0.0383. The molecule has 0 spiro atoms. The standard InChI is InChI=1S/C22H22ClN3O2S/c23-18-6-2-4-8-20(18)29-21-15-17(16-5-1-3-7-19(16)25-21)22(27)24-9-10-26-11-13-28-14-12-26/h1-8,15H,9-14H2,(H,24,27). The Hall–Kier alpha value is -2.12. The lowest BCUT2D eigenvalue weighted by Crippen LogP contribution is -2.41. The molecule has 1 amide bonds. The van der Waals surface area contributed by atoms with E-state index in [2.05, 4.69) is 10.2 Å². The van der Waals surface area contributed by atoms with Gasteiger partial charge >= 0.3 is 0 Å². The quantitative estimate of drug-likeness (QED) is 0.641. The van der Waals surface area contributed by atoms with Gasteiger partial charge in [-0.3, -0.25) is 9.69 Å².